The molecule has 108 valence electrons. The van der Waals surface area contributed by atoms with Crippen LogP contribution in [0.4, 0.5) is 0 Å². The molecule has 1 aliphatic heterocycles. The number of rotatable bonds is 6. The number of carbonyl (C=O) groups is 3. The molecule has 1 fully saturated rings. The Morgan fingerprint density at radius 3 is 2.79 bits per heavy atom. The minimum absolute atomic E-state index is 0.00520. The Morgan fingerprint density at radius 2 is 2.16 bits per heavy atom. The summed E-state index contributed by atoms with van der Waals surface area (Å²) in [4.78, 5) is 36.0. The minimum Gasteiger partial charge on any atom is -0.469 e. The fourth-order valence-corrected chi connectivity index (χ4v) is 1.88. The van der Waals surface area contributed by atoms with Crippen LogP contribution in [0, 0.1) is 0 Å². The second-order valence-corrected chi connectivity index (χ2v) is 4.17. The Labute approximate surface area is 112 Å². The zero-order chi connectivity index (χ0) is 14.3. The molecule has 1 aliphatic rings. The molecule has 0 radical (unpaired) electrons. The maximum Gasteiger partial charge on any atom is 0.307 e. The fraction of sp³-hybridized carbons (Fsp3) is 0.750. The number of nitrogens with zero attached hydrogens (tertiary/aromatic N) is 1. The summed E-state index contributed by atoms with van der Waals surface area (Å²) in [5.41, 5.74) is 0. The van der Waals surface area contributed by atoms with Crippen LogP contribution in [0.1, 0.15) is 19.8 Å². The molecule has 1 rings (SSSR count). The first-order valence-corrected chi connectivity index (χ1v) is 6.33. The van der Waals surface area contributed by atoms with Gasteiger partial charge in [-0.05, 0) is 6.92 Å². The summed E-state index contributed by atoms with van der Waals surface area (Å²) in [5.74, 6) is -0.933. The van der Waals surface area contributed by atoms with E-state index in [2.05, 4.69) is 10.1 Å². The molecule has 0 aliphatic carbocycles. The van der Waals surface area contributed by atoms with Crippen LogP contribution in [0.3, 0.4) is 0 Å². The molecule has 1 atom stereocenters. The summed E-state index contributed by atoms with van der Waals surface area (Å²) < 4.78 is 9.35. The normalized spacial score (nSPS) is 19.2. The summed E-state index contributed by atoms with van der Waals surface area (Å²) in [7, 11) is 1.29. The van der Waals surface area contributed by atoms with Crippen LogP contribution in [0.5, 0.6) is 0 Å². The molecule has 1 heterocycles. The molecule has 1 amide bonds. The Bertz CT molecular complexity index is 345. The van der Waals surface area contributed by atoms with E-state index in [1.165, 1.54) is 7.11 Å². The molecular weight excluding hydrogens is 252 g/mol. The Morgan fingerprint density at radius 1 is 1.42 bits per heavy atom. The number of carbonyl (C=O) groups excluding carboxylic acids is 3. The van der Waals surface area contributed by atoms with Crippen LogP contribution in [0.2, 0.25) is 0 Å². The van der Waals surface area contributed by atoms with Gasteiger partial charge in [0.25, 0.3) is 0 Å². The molecular formula is C12H20N2O5. The molecule has 0 saturated carbocycles. The number of amides is 1. The Kier molecular flexibility index (Phi) is 6.27. The number of piperazine rings is 1. The highest BCUT2D eigenvalue weighted by Gasteiger charge is 2.30. The van der Waals surface area contributed by atoms with Crippen molar-refractivity contribution in [3.63, 3.8) is 0 Å². The molecule has 0 spiro atoms. The maximum absolute atomic E-state index is 12.1. The molecule has 0 unspecified atom stereocenters. The van der Waals surface area contributed by atoms with E-state index in [0.717, 1.165) is 0 Å². The van der Waals surface area contributed by atoms with Gasteiger partial charge in [0, 0.05) is 19.6 Å². The van der Waals surface area contributed by atoms with Crippen molar-refractivity contribution >= 4 is 17.8 Å². The van der Waals surface area contributed by atoms with E-state index in [9.17, 15) is 14.4 Å². The lowest BCUT2D eigenvalue weighted by atomic mass is 10.1. The van der Waals surface area contributed by atoms with Gasteiger partial charge in [-0.2, -0.15) is 0 Å². The van der Waals surface area contributed by atoms with Crippen LogP contribution >= 0.6 is 0 Å². The molecule has 0 aromatic carbocycles. The predicted octanol–water partition coefficient (Wildman–Crippen LogP) is -0.697. The molecule has 0 aromatic heterocycles. The van der Waals surface area contributed by atoms with Gasteiger partial charge in [-0.15, -0.1) is 0 Å². The van der Waals surface area contributed by atoms with Crippen molar-refractivity contribution in [1.29, 1.82) is 0 Å². The summed E-state index contributed by atoms with van der Waals surface area (Å²) in [6.45, 7) is 3.50. The van der Waals surface area contributed by atoms with Gasteiger partial charge in [0.1, 0.15) is 0 Å². The van der Waals surface area contributed by atoms with E-state index in [4.69, 9.17) is 4.74 Å². The second-order valence-electron chi connectivity index (χ2n) is 4.17. The highest BCUT2D eigenvalue weighted by molar-refractivity contribution is 5.87. The highest BCUT2D eigenvalue weighted by Crippen LogP contribution is 2.07. The average molecular weight is 272 g/mol. The minimum atomic E-state index is -0.566. The number of methoxy groups -OCH3 is 1. The van der Waals surface area contributed by atoms with Gasteiger partial charge < -0.3 is 19.7 Å². The van der Waals surface area contributed by atoms with Gasteiger partial charge in [0.15, 0.2) is 0 Å². The van der Waals surface area contributed by atoms with E-state index >= 15 is 0 Å². The lowest BCUT2D eigenvalue weighted by Gasteiger charge is -2.32. The van der Waals surface area contributed by atoms with Gasteiger partial charge in [0.05, 0.1) is 32.6 Å². The first-order valence-electron chi connectivity index (χ1n) is 6.33. The van der Waals surface area contributed by atoms with Gasteiger partial charge in [-0.3, -0.25) is 14.4 Å². The van der Waals surface area contributed by atoms with Gasteiger partial charge >= 0.3 is 11.9 Å². The van der Waals surface area contributed by atoms with Crippen LogP contribution in [0.15, 0.2) is 0 Å². The summed E-state index contributed by atoms with van der Waals surface area (Å²) in [5, 5.41) is 2.97. The molecule has 1 saturated heterocycles. The zero-order valence-electron chi connectivity index (χ0n) is 11.3. The topological polar surface area (TPSA) is 84.9 Å². The fourth-order valence-electron chi connectivity index (χ4n) is 1.88. The first-order chi connectivity index (χ1) is 9.08. The van der Waals surface area contributed by atoms with Gasteiger partial charge in [-0.25, -0.2) is 0 Å². The molecule has 7 heteroatoms. The third-order valence-corrected chi connectivity index (χ3v) is 2.87. The van der Waals surface area contributed by atoms with Crippen molar-refractivity contribution < 1.29 is 23.9 Å². The first kappa shape index (κ1) is 15.4. The highest BCUT2D eigenvalue weighted by atomic mass is 16.5. The molecule has 19 heavy (non-hydrogen) atoms. The lowest BCUT2D eigenvalue weighted by molar-refractivity contribution is -0.148. The third-order valence-electron chi connectivity index (χ3n) is 2.87. The van der Waals surface area contributed by atoms with E-state index in [1.54, 1.807) is 11.8 Å². The van der Waals surface area contributed by atoms with Crippen molar-refractivity contribution in [3.8, 4) is 0 Å². The number of hydrogen-bond acceptors (Lipinski definition) is 6. The molecule has 0 aromatic rings. The summed E-state index contributed by atoms with van der Waals surface area (Å²) in [6, 6.07) is -0.566. The second kappa shape index (κ2) is 7.73. The van der Waals surface area contributed by atoms with Crippen LogP contribution < -0.4 is 5.32 Å². The van der Waals surface area contributed by atoms with Crippen molar-refractivity contribution in [2.75, 3.05) is 33.4 Å². The van der Waals surface area contributed by atoms with Crippen molar-refractivity contribution in [1.82, 2.24) is 10.2 Å². The zero-order valence-corrected chi connectivity index (χ0v) is 11.3. The quantitative estimate of drug-likeness (QED) is 0.644. The van der Waals surface area contributed by atoms with E-state index < -0.39 is 12.0 Å². The van der Waals surface area contributed by atoms with Gasteiger partial charge in [-0.1, -0.05) is 0 Å². The van der Waals surface area contributed by atoms with Crippen molar-refractivity contribution in [2.24, 2.45) is 0 Å². The predicted molar refractivity (Wildman–Crippen MR) is 66.3 cm³/mol. The van der Waals surface area contributed by atoms with Crippen molar-refractivity contribution in [3.05, 3.63) is 0 Å². The van der Waals surface area contributed by atoms with Crippen LogP contribution in [-0.4, -0.2) is 62.1 Å². The number of hydrogen-bond donors (Lipinski definition) is 1. The maximum atomic E-state index is 12.1. The van der Waals surface area contributed by atoms with Crippen LogP contribution in [-0.2, 0) is 23.9 Å². The Hall–Kier alpha value is -1.63. The van der Waals surface area contributed by atoms with Crippen molar-refractivity contribution in [2.45, 2.75) is 25.8 Å². The smallest absolute Gasteiger partial charge is 0.307 e. The number of esters is 2. The number of nitrogens with one attached hydrogen (secondary N) is 1. The van der Waals surface area contributed by atoms with E-state index in [1.807, 2.05) is 0 Å². The standard InChI is InChI=1S/C12H20N2O5/c1-3-19-10(15)4-6-14-7-5-13-9(12(14)17)8-11(16)18-2/h9,13H,3-8H2,1-2H3/t9-/m0/s1. The largest absolute Gasteiger partial charge is 0.469 e. The van der Waals surface area contributed by atoms with Gasteiger partial charge in [0.2, 0.25) is 5.91 Å². The van der Waals surface area contributed by atoms with Crippen LogP contribution in [0.25, 0.3) is 0 Å². The summed E-state index contributed by atoms with van der Waals surface area (Å²) >= 11 is 0. The Balaban J connectivity index is 2.44. The van der Waals surface area contributed by atoms with E-state index in [-0.39, 0.29) is 24.7 Å². The lowest BCUT2D eigenvalue weighted by Crippen LogP contribution is -2.56. The van der Waals surface area contributed by atoms with E-state index in [0.29, 0.717) is 26.2 Å². The SMILES string of the molecule is CCOC(=O)CCN1CCN[C@@H](CC(=O)OC)C1=O. The number of ether oxygens (including phenoxy) is 2. The monoisotopic (exact) mass is 272 g/mol. The summed E-state index contributed by atoms with van der Waals surface area (Å²) in [6.07, 6.45) is 0.176. The average Bonchev–Trinajstić information content (AvgIpc) is 2.40. The molecule has 7 nitrogen and oxygen atoms in total. The molecule has 1 N–H and O–H groups in total. The third kappa shape index (κ3) is 4.86. The molecule has 0 bridgehead atoms.